The summed E-state index contributed by atoms with van der Waals surface area (Å²) in [4.78, 5) is 39.2. The number of halogens is 1. The highest BCUT2D eigenvalue weighted by molar-refractivity contribution is 9.10. The van der Waals surface area contributed by atoms with Crippen LogP contribution in [0.1, 0.15) is 15.9 Å². The Morgan fingerprint density at radius 1 is 0.892 bits per heavy atom. The Hall–Kier alpha value is -3.88. The Labute approximate surface area is 226 Å². The first-order valence-electron chi connectivity index (χ1n) is 11.4. The Morgan fingerprint density at radius 3 is 2.41 bits per heavy atom. The first kappa shape index (κ1) is 24.8. The highest BCUT2D eigenvalue weighted by atomic mass is 79.9. The van der Waals surface area contributed by atoms with E-state index >= 15 is 0 Å². The van der Waals surface area contributed by atoms with Crippen LogP contribution in [0.3, 0.4) is 0 Å². The van der Waals surface area contributed by atoms with Crippen molar-refractivity contribution in [3.63, 3.8) is 0 Å². The normalized spacial score (nSPS) is 14.4. The van der Waals surface area contributed by atoms with Gasteiger partial charge >= 0.3 is 5.97 Å². The summed E-state index contributed by atoms with van der Waals surface area (Å²) in [5.74, 6) is 0.264. The minimum absolute atomic E-state index is 0.149. The van der Waals surface area contributed by atoms with Crippen molar-refractivity contribution in [2.75, 3.05) is 13.2 Å². The van der Waals surface area contributed by atoms with Crippen molar-refractivity contribution >= 4 is 61.7 Å². The van der Waals surface area contributed by atoms with Gasteiger partial charge in [-0.1, -0.05) is 64.5 Å². The lowest BCUT2D eigenvalue weighted by molar-refractivity contribution is -0.123. The monoisotopic (exact) mass is 573 g/mol. The van der Waals surface area contributed by atoms with Crippen molar-refractivity contribution in [1.82, 2.24) is 4.90 Å². The molecule has 5 rings (SSSR count). The van der Waals surface area contributed by atoms with Crippen LogP contribution in [0.4, 0.5) is 4.79 Å². The molecule has 1 aliphatic heterocycles. The number of hydrogen-bond donors (Lipinski definition) is 0. The van der Waals surface area contributed by atoms with Gasteiger partial charge in [0.2, 0.25) is 0 Å². The molecule has 2 amide bonds. The van der Waals surface area contributed by atoms with Gasteiger partial charge in [-0.15, -0.1) is 0 Å². The van der Waals surface area contributed by atoms with E-state index in [1.165, 1.54) is 4.90 Å². The summed E-state index contributed by atoms with van der Waals surface area (Å²) in [7, 11) is 0. The van der Waals surface area contributed by atoms with Gasteiger partial charge in [-0.3, -0.25) is 14.5 Å². The van der Waals surface area contributed by atoms with Crippen LogP contribution in [0, 0.1) is 0 Å². The second-order valence-corrected chi connectivity index (χ2v) is 10.0. The van der Waals surface area contributed by atoms with Crippen LogP contribution >= 0.6 is 27.7 Å². The van der Waals surface area contributed by atoms with Gasteiger partial charge in [-0.2, -0.15) is 0 Å². The van der Waals surface area contributed by atoms with Gasteiger partial charge in [0.05, 0.1) is 17.0 Å². The fraction of sp³-hybridized carbons (Fsp3) is 0.0690. The molecule has 0 aromatic heterocycles. The molecule has 1 fully saturated rings. The number of esters is 1. The molecule has 1 saturated heterocycles. The summed E-state index contributed by atoms with van der Waals surface area (Å²) in [6.07, 6.45) is 1.65. The number of carbonyl (C=O) groups is 3. The van der Waals surface area contributed by atoms with Crippen molar-refractivity contribution in [1.29, 1.82) is 0 Å². The average Bonchev–Trinajstić information content (AvgIpc) is 3.17. The molecular formula is C29H20BrNO5S. The predicted molar refractivity (Wildman–Crippen MR) is 148 cm³/mol. The van der Waals surface area contributed by atoms with Gasteiger partial charge in [0.25, 0.3) is 11.1 Å². The first-order valence-corrected chi connectivity index (χ1v) is 13.0. The summed E-state index contributed by atoms with van der Waals surface area (Å²) < 4.78 is 12.2. The summed E-state index contributed by atoms with van der Waals surface area (Å²) >= 11 is 4.23. The molecule has 1 aliphatic rings. The van der Waals surface area contributed by atoms with E-state index in [4.69, 9.17) is 9.47 Å². The quantitative estimate of drug-likeness (QED) is 0.135. The number of ether oxygens (including phenoxy) is 2. The molecule has 0 radical (unpaired) electrons. The molecule has 0 bridgehead atoms. The van der Waals surface area contributed by atoms with Crippen LogP contribution < -0.4 is 9.47 Å². The number of fused-ring (bicyclic) bond motifs is 1. The maximum atomic E-state index is 12.9. The van der Waals surface area contributed by atoms with E-state index in [0.29, 0.717) is 27.5 Å². The molecule has 0 atom stereocenters. The van der Waals surface area contributed by atoms with Gasteiger partial charge in [0, 0.05) is 9.86 Å². The number of hydrogen-bond acceptors (Lipinski definition) is 6. The number of amides is 2. The molecule has 4 aromatic rings. The molecule has 0 spiro atoms. The molecule has 184 valence electrons. The zero-order valence-corrected chi connectivity index (χ0v) is 21.8. The second kappa shape index (κ2) is 11.0. The zero-order valence-electron chi connectivity index (χ0n) is 19.4. The van der Waals surface area contributed by atoms with Crippen LogP contribution in [0.5, 0.6) is 11.5 Å². The van der Waals surface area contributed by atoms with Crippen molar-refractivity contribution in [3.05, 3.63) is 112 Å². The Bertz CT molecular complexity index is 1510. The first-order chi connectivity index (χ1) is 18.0. The van der Waals surface area contributed by atoms with E-state index in [2.05, 4.69) is 15.9 Å². The molecule has 6 nitrogen and oxygen atoms in total. The molecule has 0 saturated carbocycles. The molecule has 37 heavy (non-hydrogen) atoms. The average molecular weight is 574 g/mol. The van der Waals surface area contributed by atoms with Crippen LogP contribution in [0.25, 0.3) is 16.8 Å². The summed E-state index contributed by atoms with van der Waals surface area (Å²) in [5.41, 5.74) is 1.14. The lowest BCUT2D eigenvalue weighted by Crippen LogP contribution is -2.32. The van der Waals surface area contributed by atoms with E-state index < -0.39 is 5.97 Å². The third kappa shape index (κ3) is 5.76. The van der Waals surface area contributed by atoms with E-state index in [1.54, 1.807) is 54.6 Å². The fourth-order valence-electron chi connectivity index (χ4n) is 3.80. The lowest BCUT2D eigenvalue weighted by Gasteiger charge is -2.14. The minimum atomic E-state index is -0.466. The van der Waals surface area contributed by atoms with Gasteiger partial charge in [-0.05, 0) is 71.3 Å². The molecule has 4 aromatic carbocycles. The highest BCUT2D eigenvalue weighted by Gasteiger charge is 2.34. The largest absolute Gasteiger partial charge is 0.491 e. The van der Waals surface area contributed by atoms with Crippen LogP contribution in [-0.4, -0.2) is 35.2 Å². The van der Waals surface area contributed by atoms with Crippen LogP contribution in [0.2, 0.25) is 0 Å². The third-order valence-electron chi connectivity index (χ3n) is 5.66. The highest BCUT2D eigenvalue weighted by Crippen LogP contribution is 2.32. The SMILES string of the molecule is O=C(Oc1ccc(/C=C2\SC(=O)N(CCOc3cccc4ccccc34)C2=O)cc1)c1ccc(Br)cc1. The summed E-state index contributed by atoms with van der Waals surface area (Å²) in [6, 6.07) is 27.3. The molecule has 0 unspecified atom stereocenters. The molecular weight excluding hydrogens is 554 g/mol. The number of thioether (sulfide) groups is 1. The van der Waals surface area contributed by atoms with E-state index in [1.807, 2.05) is 42.5 Å². The molecule has 0 aliphatic carbocycles. The number of rotatable bonds is 7. The predicted octanol–water partition coefficient (Wildman–Crippen LogP) is 6.94. The van der Waals surface area contributed by atoms with E-state index in [9.17, 15) is 14.4 Å². The minimum Gasteiger partial charge on any atom is -0.491 e. The Kier molecular flexibility index (Phi) is 7.39. The summed E-state index contributed by atoms with van der Waals surface area (Å²) in [6.45, 7) is 0.341. The van der Waals surface area contributed by atoms with E-state index in [0.717, 1.165) is 27.0 Å². The van der Waals surface area contributed by atoms with E-state index in [-0.39, 0.29) is 24.3 Å². The Balaban J connectivity index is 1.19. The Morgan fingerprint density at radius 2 is 1.62 bits per heavy atom. The maximum absolute atomic E-state index is 12.9. The fourth-order valence-corrected chi connectivity index (χ4v) is 4.93. The third-order valence-corrected chi connectivity index (χ3v) is 7.10. The topological polar surface area (TPSA) is 72.9 Å². The van der Waals surface area contributed by atoms with Crippen molar-refractivity contribution in [2.24, 2.45) is 0 Å². The molecule has 8 heteroatoms. The molecule has 1 heterocycles. The number of benzene rings is 4. The van der Waals surface area contributed by atoms with Crippen molar-refractivity contribution < 1.29 is 23.9 Å². The molecule has 0 N–H and O–H groups in total. The van der Waals surface area contributed by atoms with Crippen LogP contribution in [-0.2, 0) is 4.79 Å². The van der Waals surface area contributed by atoms with Crippen molar-refractivity contribution in [2.45, 2.75) is 0 Å². The van der Waals surface area contributed by atoms with Gasteiger partial charge < -0.3 is 9.47 Å². The maximum Gasteiger partial charge on any atom is 0.343 e. The number of imide groups is 1. The van der Waals surface area contributed by atoms with Gasteiger partial charge in [0.15, 0.2) is 0 Å². The standard InChI is InChI=1S/C29H20BrNO5S/c30-22-12-10-21(11-13-22)28(33)36-23-14-8-19(9-15-23)18-26-27(32)31(29(34)37-26)16-17-35-25-7-3-5-20-4-1-2-6-24(20)25/h1-15,18H,16-17H2/b26-18-. The number of carbonyl (C=O) groups excluding carboxylic acids is 3. The van der Waals surface area contributed by atoms with Crippen molar-refractivity contribution in [3.8, 4) is 11.5 Å². The zero-order chi connectivity index (χ0) is 25.8. The van der Waals surface area contributed by atoms with Gasteiger partial charge in [0.1, 0.15) is 18.1 Å². The number of nitrogens with zero attached hydrogens (tertiary/aromatic N) is 1. The van der Waals surface area contributed by atoms with Gasteiger partial charge in [-0.25, -0.2) is 4.79 Å². The van der Waals surface area contributed by atoms with Crippen LogP contribution in [0.15, 0.2) is 100 Å². The smallest absolute Gasteiger partial charge is 0.343 e. The lowest BCUT2D eigenvalue weighted by atomic mass is 10.1. The second-order valence-electron chi connectivity index (χ2n) is 8.12. The summed E-state index contributed by atoms with van der Waals surface area (Å²) in [5, 5.41) is 1.70.